The fourth-order valence-corrected chi connectivity index (χ4v) is 2.30. The van der Waals surface area contributed by atoms with Crippen LogP contribution in [0.4, 0.5) is 8.78 Å². The zero-order chi connectivity index (χ0) is 13.0. The van der Waals surface area contributed by atoms with Crippen LogP contribution in [0.25, 0.3) is 0 Å². The van der Waals surface area contributed by atoms with Crippen molar-refractivity contribution in [2.24, 2.45) is 0 Å². The van der Waals surface area contributed by atoms with Gasteiger partial charge in [0.05, 0.1) is 12.6 Å². The maximum atomic E-state index is 12.7. The van der Waals surface area contributed by atoms with Crippen LogP contribution < -0.4 is 10.1 Å². The normalized spacial score (nSPS) is 15.6. The molecule has 1 unspecified atom stereocenters. The number of ether oxygens (including phenoxy) is 1. The summed E-state index contributed by atoms with van der Waals surface area (Å²) in [5.74, 6) is 0.941. The van der Waals surface area contributed by atoms with Crippen LogP contribution in [0.15, 0.2) is 18.2 Å². The molecule has 4 heteroatoms. The van der Waals surface area contributed by atoms with Crippen molar-refractivity contribution in [3.8, 4) is 5.75 Å². The van der Waals surface area contributed by atoms with Crippen LogP contribution in [0, 0.1) is 0 Å². The molecule has 1 heterocycles. The van der Waals surface area contributed by atoms with E-state index in [9.17, 15) is 8.78 Å². The van der Waals surface area contributed by atoms with Gasteiger partial charge in [-0.1, -0.05) is 19.1 Å². The lowest BCUT2D eigenvalue weighted by atomic mass is 10.0. The Kier molecular flexibility index (Phi) is 4.53. The predicted molar refractivity (Wildman–Crippen MR) is 67.4 cm³/mol. The Morgan fingerprint density at radius 1 is 1.39 bits per heavy atom. The van der Waals surface area contributed by atoms with Crippen molar-refractivity contribution in [2.75, 3.05) is 13.2 Å². The number of nitrogens with one attached hydrogen (secondary N) is 1. The minimum Gasteiger partial charge on any atom is -0.493 e. The number of fused-ring (bicyclic) bond motifs is 1. The first-order valence-electron chi connectivity index (χ1n) is 6.47. The average Bonchev–Trinajstić information content (AvgIpc) is 2.81. The van der Waals surface area contributed by atoms with Gasteiger partial charge in [0.2, 0.25) is 0 Å². The molecule has 0 radical (unpaired) electrons. The number of rotatable bonds is 6. The molecule has 2 nitrogen and oxygen atoms in total. The van der Waals surface area contributed by atoms with Crippen LogP contribution in [-0.2, 0) is 12.8 Å². The van der Waals surface area contributed by atoms with Crippen molar-refractivity contribution >= 4 is 0 Å². The SMILES string of the molecule is CCNC(CCc1ccc2c(c1)CCO2)C(F)F. The Balaban J connectivity index is 1.93. The summed E-state index contributed by atoms with van der Waals surface area (Å²) in [6.07, 6.45) is -0.238. The molecule has 0 saturated carbocycles. The molecule has 100 valence electrons. The van der Waals surface area contributed by atoms with Crippen LogP contribution in [0.2, 0.25) is 0 Å². The first kappa shape index (κ1) is 13.3. The monoisotopic (exact) mass is 255 g/mol. The maximum absolute atomic E-state index is 12.7. The van der Waals surface area contributed by atoms with Gasteiger partial charge in [-0.25, -0.2) is 8.78 Å². The standard InChI is InChI=1S/C14H19F2NO/c1-2-17-12(14(15)16)5-3-10-4-6-13-11(9-10)7-8-18-13/h4,6,9,12,14,17H,2-3,5,7-8H2,1H3. The van der Waals surface area contributed by atoms with Gasteiger partial charge in [-0.2, -0.15) is 0 Å². The Hall–Kier alpha value is -1.16. The molecular weight excluding hydrogens is 236 g/mol. The van der Waals surface area contributed by atoms with E-state index in [0.29, 0.717) is 19.4 Å². The van der Waals surface area contributed by atoms with Gasteiger partial charge < -0.3 is 10.1 Å². The second kappa shape index (κ2) is 6.14. The first-order chi connectivity index (χ1) is 8.70. The molecule has 0 amide bonds. The van der Waals surface area contributed by atoms with Crippen molar-refractivity contribution in [3.05, 3.63) is 29.3 Å². The summed E-state index contributed by atoms with van der Waals surface area (Å²) in [5.41, 5.74) is 2.31. The molecule has 1 aromatic carbocycles. The number of aryl methyl sites for hydroxylation is 1. The minimum atomic E-state index is -2.30. The molecule has 18 heavy (non-hydrogen) atoms. The van der Waals surface area contributed by atoms with E-state index in [0.717, 1.165) is 24.3 Å². The summed E-state index contributed by atoms with van der Waals surface area (Å²) in [7, 11) is 0. The van der Waals surface area contributed by atoms with Gasteiger partial charge in [0.25, 0.3) is 6.43 Å². The quantitative estimate of drug-likeness (QED) is 0.844. The lowest BCUT2D eigenvalue weighted by Crippen LogP contribution is -2.35. The van der Waals surface area contributed by atoms with Crippen molar-refractivity contribution in [3.63, 3.8) is 0 Å². The number of benzene rings is 1. The van der Waals surface area contributed by atoms with Crippen molar-refractivity contribution < 1.29 is 13.5 Å². The topological polar surface area (TPSA) is 21.3 Å². The third kappa shape index (κ3) is 3.19. The minimum absolute atomic E-state index is 0.463. The van der Waals surface area contributed by atoms with E-state index in [2.05, 4.69) is 11.4 Å². The van der Waals surface area contributed by atoms with Crippen LogP contribution >= 0.6 is 0 Å². The highest BCUT2D eigenvalue weighted by molar-refractivity contribution is 5.39. The van der Waals surface area contributed by atoms with Crippen LogP contribution in [-0.4, -0.2) is 25.6 Å². The fraction of sp³-hybridized carbons (Fsp3) is 0.571. The van der Waals surface area contributed by atoms with Gasteiger partial charge in [-0.3, -0.25) is 0 Å². The summed E-state index contributed by atoms with van der Waals surface area (Å²) in [6.45, 7) is 3.16. The van der Waals surface area contributed by atoms with E-state index in [1.54, 1.807) is 0 Å². The molecule has 0 spiro atoms. The smallest absolute Gasteiger partial charge is 0.253 e. The van der Waals surface area contributed by atoms with E-state index in [1.165, 1.54) is 5.56 Å². The molecule has 1 N–H and O–H groups in total. The average molecular weight is 255 g/mol. The van der Waals surface area contributed by atoms with Gasteiger partial charge in [0, 0.05) is 6.42 Å². The number of halogens is 2. The highest BCUT2D eigenvalue weighted by Crippen LogP contribution is 2.26. The van der Waals surface area contributed by atoms with Crippen LogP contribution in [0.3, 0.4) is 0 Å². The van der Waals surface area contributed by atoms with Gasteiger partial charge in [-0.05, 0) is 36.6 Å². The zero-order valence-corrected chi connectivity index (χ0v) is 10.6. The van der Waals surface area contributed by atoms with Crippen LogP contribution in [0.5, 0.6) is 5.75 Å². The molecule has 0 fully saturated rings. The zero-order valence-electron chi connectivity index (χ0n) is 10.6. The Labute approximate surface area is 106 Å². The predicted octanol–water partition coefficient (Wildman–Crippen LogP) is 2.80. The molecule has 0 aromatic heterocycles. The second-order valence-electron chi connectivity index (χ2n) is 4.58. The van der Waals surface area contributed by atoms with Gasteiger partial charge in [0.15, 0.2) is 0 Å². The third-order valence-electron chi connectivity index (χ3n) is 3.27. The summed E-state index contributed by atoms with van der Waals surface area (Å²) in [4.78, 5) is 0. The first-order valence-corrected chi connectivity index (χ1v) is 6.47. The van der Waals surface area contributed by atoms with Crippen molar-refractivity contribution in [1.82, 2.24) is 5.32 Å². The molecule has 0 bridgehead atoms. The summed E-state index contributed by atoms with van der Waals surface area (Å²) in [5, 5.41) is 2.83. The lowest BCUT2D eigenvalue weighted by Gasteiger charge is -2.16. The number of hydrogen-bond donors (Lipinski definition) is 1. The van der Waals surface area contributed by atoms with E-state index >= 15 is 0 Å². The maximum Gasteiger partial charge on any atom is 0.253 e. The van der Waals surface area contributed by atoms with E-state index in [1.807, 2.05) is 19.1 Å². The fourth-order valence-electron chi connectivity index (χ4n) is 2.30. The molecule has 0 aliphatic carbocycles. The summed E-state index contributed by atoms with van der Waals surface area (Å²) >= 11 is 0. The largest absolute Gasteiger partial charge is 0.493 e. The molecular formula is C14H19F2NO. The van der Waals surface area contributed by atoms with E-state index in [4.69, 9.17) is 4.74 Å². The van der Waals surface area contributed by atoms with Crippen molar-refractivity contribution in [1.29, 1.82) is 0 Å². The molecule has 1 aliphatic rings. The van der Waals surface area contributed by atoms with E-state index in [-0.39, 0.29) is 0 Å². The molecule has 1 aliphatic heterocycles. The number of hydrogen-bond acceptors (Lipinski definition) is 2. The summed E-state index contributed by atoms with van der Waals surface area (Å²) in [6, 6.07) is 5.29. The Bertz CT molecular complexity index is 395. The summed E-state index contributed by atoms with van der Waals surface area (Å²) < 4.78 is 30.9. The Morgan fingerprint density at radius 2 is 2.22 bits per heavy atom. The van der Waals surface area contributed by atoms with Gasteiger partial charge in [0.1, 0.15) is 5.75 Å². The lowest BCUT2D eigenvalue weighted by molar-refractivity contribution is 0.0951. The third-order valence-corrected chi connectivity index (χ3v) is 3.27. The molecule has 1 aromatic rings. The van der Waals surface area contributed by atoms with Crippen molar-refractivity contribution in [2.45, 2.75) is 38.7 Å². The molecule has 0 saturated heterocycles. The Morgan fingerprint density at radius 3 is 2.94 bits per heavy atom. The van der Waals surface area contributed by atoms with Gasteiger partial charge >= 0.3 is 0 Å². The van der Waals surface area contributed by atoms with E-state index < -0.39 is 12.5 Å². The molecule has 2 rings (SSSR count). The molecule has 1 atom stereocenters. The highest BCUT2D eigenvalue weighted by Gasteiger charge is 2.19. The highest BCUT2D eigenvalue weighted by atomic mass is 19.3. The number of alkyl halides is 2. The van der Waals surface area contributed by atoms with Gasteiger partial charge in [-0.15, -0.1) is 0 Å². The van der Waals surface area contributed by atoms with Crippen LogP contribution in [0.1, 0.15) is 24.5 Å². The second-order valence-corrected chi connectivity index (χ2v) is 4.58.